The highest BCUT2D eigenvalue weighted by molar-refractivity contribution is 5.92. The zero-order chi connectivity index (χ0) is 19.9. The van der Waals surface area contributed by atoms with Crippen LogP contribution in [0.3, 0.4) is 0 Å². The van der Waals surface area contributed by atoms with Gasteiger partial charge in [-0.25, -0.2) is 0 Å². The molecule has 1 saturated carbocycles. The van der Waals surface area contributed by atoms with Gasteiger partial charge in [-0.1, -0.05) is 6.92 Å². The van der Waals surface area contributed by atoms with Crippen molar-refractivity contribution in [3.05, 3.63) is 35.7 Å². The number of aromatic nitrogens is 2. The van der Waals surface area contributed by atoms with E-state index in [1.807, 2.05) is 0 Å². The Labute approximate surface area is 159 Å². The van der Waals surface area contributed by atoms with Crippen molar-refractivity contribution >= 4 is 11.6 Å². The maximum Gasteiger partial charge on any atom is 0.435 e. The number of nitrogens with zero attached hydrogens (tertiary/aromatic N) is 2. The van der Waals surface area contributed by atoms with Gasteiger partial charge in [-0.2, -0.15) is 18.3 Å². The van der Waals surface area contributed by atoms with Gasteiger partial charge in [-0.05, 0) is 31.0 Å². The van der Waals surface area contributed by atoms with Gasteiger partial charge < -0.3 is 14.8 Å². The summed E-state index contributed by atoms with van der Waals surface area (Å²) in [7, 11) is 0. The van der Waals surface area contributed by atoms with Crippen molar-refractivity contribution in [3.8, 4) is 11.5 Å². The fourth-order valence-electron chi connectivity index (χ4n) is 3.15. The van der Waals surface area contributed by atoms with E-state index in [2.05, 4.69) is 10.4 Å². The summed E-state index contributed by atoms with van der Waals surface area (Å²) in [5.74, 6) is 0.392. The number of hydrogen-bond acceptors (Lipinski definition) is 4. The fraction of sp³-hybridized carbons (Fsp3) is 0.474. The van der Waals surface area contributed by atoms with E-state index in [-0.39, 0.29) is 18.4 Å². The van der Waals surface area contributed by atoms with E-state index in [4.69, 9.17) is 9.47 Å². The molecular weight excluding hydrogens is 375 g/mol. The van der Waals surface area contributed by atoms with E-state index in [0.717, 1.165) is 18.9 Å². The number of hydrogen-bond donors (Lipinski definition) is 1. The van der Waals surface area contributed by atoms with Crippen LogP contribution in [0.1, 0.15) is 37.1 Å². The Bertz CT molecular complexity index is 890. The van der Waals surface area contributed by atoms with Gasteiger partial charge in [-0.15, -0.1) is 0 Å². The van der Waals surface area contributed by atoms with Crippen molar-refractivity contribution in [1.82, 2.24) is 9.78 Å². The number of carbonyl (C=O) groups is 1. The van der Waals surface area contributed by atoms with Crippen LogP contribution in [-0.4, -0.2) is 28.9 Å². The zero-order valence-electron chi connectivity index (χ0n) is 15.3. The van der Waals surface area contributed by atoms with Crippen LogP contribution in [0, 0.1) is 5.92 Å². The topological polar surface area (TPSA) is 65.4 Å². The number of benzene rings is 1. The predicted octanol–water partition coefficient (Wildman–Crippen LogP) is 3.83. The summed E-state index contributed by atoms with van der Waals surface area (Å²) in [5, 5.41) is 6.48. The Morgan fingerprint density at radius 2 is 1.96 bits per heavy atom. The Balaban J connectivity index is 1.45. The number of fused-ring (bicyclic) bond motifs is 1. The van der Waals surface area contributed by atoms with Gasteiger partial charge in [0.15, 0.2) is 17.2 Å². The summed E-state index contributed by atoms with van der Waals surface area (Å²) in [4.78, 5) is 12.5. The highest BCUT2D eigenvalue weighted by atomic mass is 19.4. The lowest BCUT2D eigenvalue weighted by molar-refractivity contribution is -0.141. The normalized spacial score (nSPS) is 17.3. The molecule has 6 nitrogen and oxygen atoms in total. The summed E-state index contributed by atoms with van der Waals surface area (Å²) in [6.07, 6.45) is -2.80. The van der Waals surface area contributed by atoms with Crippen molar-refractivity contribution in [2.24, 2.45) is 5.92 Å². The second kappa shape index (κ2) is 7.03. The van der Waals surface area contributed by atoms with E-state index in [0.29, 0.717) is 36.1 Å². The maximum atomic E-state index is 13.0. The van der Waals surface area contributed by atoms with E-state index in [9.17, 15) is 18.0 Å². The third-order valence-electron chi connectivity index (χ3n) is 4.80. The summed E-state index contributed by atoms with van der Waals surface area (Å²) in [6.45, 7) is 2.66. The van der Waals surface area contributed by atoms with Crippen LogP contribution in [0.4, 0.5) is 18.9 Å². The van der Waals surface area contributed by atoms with Crippen molar-refractivity contribution in [2.45, 2.75) is 38.4 Å². The van der Waals surface area contributed by atoms with Gasteiger partial charge in [0.2, 0.25) is 5.91 Å². The average molecular weight is 395 g/mol. The number of alkyl halides is 3. The minimum Gasteiger partial charge on any atom is -0.486 e. The van der Waals surface area contributed by atoms with E-state index >= 15 is 0 Å². The monoisotopic (exact) mass is 395 g/mol. The molecule has 150 valence electrons. The highest BCUT2D eigenvalue weighted by Gasteiger charge is 2.38. The van der Waals surface area contributed by atoms with E-state index in [1.165, 1.54) is 4.68 Å². The minimum atomic E-state index is -4.49. The lowest BCUT2D eigenvalue weighted by Gasteiger charge is -2.19. The van der Waals surface area contributed by atoms with Crippen molar-refractivity contribution < 1.29 is 27.4 Å². The molecule has 4 rings (SSSR count). The second-order valence-corrected chi connectivity index (χ2v) is 7.16. The average Bonchev–Trinajstić information content (AvgIpc) is 3.40. The molecule has 1 atom stereocenters. The minimum absolute atomic E-state index is 0.0816. The number of ether oxygens (including phenoxy) is 2. The number of halogens is 3. The molecule has 1 fully saturated rings. The Morgan fingerprint density at radius 1 is 1.25 bits per heavy atom. The molecule has 1 amide bonds. The van der Waals surface area contributed by atoms with Crippen LogP contribution >= 0.6 is 0 Å². The molecule has 1 unspecified atom stereocenters. The molecule has 2 aliphatic rings. The first-order chi connectivity index (χ1) is 13.3. The number of nitrogens with one attached hydrogen (secondary N) is 1. The molecule has 0 spiro atoms. The van der Waals surface area contributed by atoms with Gasteiger partial charge in [0.05, 0.1) is 12.5 Å². The Hall–Kier alpha value is -2.71. The second-order valence-electron chi connectivity index (χ2n) is 7.16. The van der Waals surface area contributed by atoms with Crippen LogP contribution in [0.2, 0.25) is 0 Å². The van der Waals surface area contributed by atoms with Crippen LogP contribution in [0.5, 0.6) is 11.5 Å². The lowest BCUT2D eigenvalue weighted by Crippen LogP contribution is -2.26. The van der Waals surface area contributed by atoms with Crippen molar-refractivity contribution in [1.29, 1.82) is 0 Å². The van der Waals surface area contributed by atoms with Crippen LogP contribution in [-0.2, 0) is 17.5 Å². The summed E-state index contributed by atoms with van der Waals surface area (Å²) >= 11 is 0. The molecule has 28 heavy (non-hydrogen) atoms. The number of carbonyl (C=O) groups excluding carboxylic acids is 1. The van der Waals surface area contributed by atoms with Gasteiger partial charge in [0.1, 0.15) is 13.2 Å². The predicted molar refractivity (Wildman–Crippen MR) is 94.4 cm³/mol. The standard InChI is InChI=1S/C19H20F3N3O3/c1-11(10-25-14(12-2-3-12)9-17(24-25)19(20,21)22)18(26)23-13-4-5-15-16(8-13)28-7-6-27-15/h4-5,8-9,11-12H,2-3,6-7,10H2,1H3,(H,23,26). The molecule has 0 saturated heterocycles. The first kappa shape index (κ1) is 18.6. The molecule has 1 aliphatic carbocycles. The molecule has 1 aromatic heterocycles. The molecule has 1 N–H and O–H groups in total. The third-order valence-corrected chi connectivity index (χ3v) is 4.80. The number of amides is 1. The number of rotatable bonds is 5. The summed E-state index contributed by atoms with van der Waals surface area (Å²) in [6, 6.07) is 6.18. The maximum absolute atomic E-state index is 13.0. The molecule has 0 bridgehead atoms. The van der Waals surface area contributed by atoms with Gasteiger partial charge in [0.25, 0.3) is 0 Å². The third kappa shape index (κ3) is 3.93. The van der Waals surface area contributed by atoms with Crippen molar-refractivity contribution in [3.63, 3.8) is 0 Å². The molecule has 9 heteroatoms. The first-order valence-electron chi connectivity index (χ1n) is 9.16. The molecule has 1 aromatic carbocycles. The van der Waals surface area contributed by atoms with Gasteiger partial charge in [0, 0.05) is 23.4 Å². The summed E-state index contributed by atoms with van der Waals surface area (Å²) in [5.41, 5.74) is 0.181. The summed E-state index contributed by atoms with van der Waals surface area (Å²) < 4.78 is 51.3. The molecular formula is C19H20F3N3O3. The smallest absolute Gasteiger partial charge is 0.435 e. The van der Waals surface area contributed by atoms with Gasteiger partial charge >= 0.3 is 6.18 Å². The fourth-order valence-corrected chi connectivity index (χ4v) is 3.15. The van der Waals surface area contributed by atoms with Crippen LogP contribution < -0.4 is 14.8 Å². The van der Waals surface area contributed by atoms with Crippen molar-refractivity contribution in [2.75, 3.05) is 18.5 Å². The number of anilines is 1. The quantitative estimate of drug-likeness (QED) is 0.836. The molecule has 2 aromatic rings. The Morgan fingerprint density at radius 3 is 2.64 bits per heavy atom. The van der Waals surface area contributed by atoms with Gasteiger partial charge in [-0.3, -0.25) is 9.48 Å². The van der Waals surface area contributed by atoms with Crippen LogP contribution in [0.15, 0.2) is 24.3 Å². The lowest BCUT2D eigenvalue weighted by atomic mass is 10.1. The Kier molecular flexibility index (Phi) is 4.68. The SMILES string of the molecule is CC(Cn1nc(C(F)(F)F)cc1C1CC1)C(=O)Nc1ccc2c(c1)OCCO2. The molecule has 1 aliphatic heterocycles. The van der Waals surface area contributed by atoms with E-state index < -0.39 is 17.8 Å². The van der Waals surface area contributed by atoms with Crippen LogP contribution in [0.25, 0.3) is 0 Å². The van der Waals surface area contributed by atoms with E-state index in [1.54, 1.807) is 25.1 Å². The molecule has 0 radical (unpaired) electrons. The highest BCUT2D eigenvalue weighted by Crippen LogP contribution is 2.42. The molecule has 2 heterocycles. The first-order valence-corrected chi connectivity index (χ1v) is 9.16. The largest absolute Gasteiger partial charge is 0.486 e. The zero-order valence-corrected chi connectivity index (χ0v) is 15.3.